The second-order valence-electron chi connectivity index (χ2n) is 6.24. The molecular formula is C19H20FNO2S. The fourth-order valence-electron chi connectivity index (χ4n) is 2.82. The first kappa shape index (κ1) is 16.8. The van der Waals surface area contributed by atoms with Gasteiger partial charge >= 0.3 is 0 Å². The van der Waals surface area contributed by atoms with Gasteiger partial charge in [0.15, 0.2) is 0 Å². The van der Waals surface area contributed by atoms with Crippen LogP contribution in [0.1, 0.15) is 24.0 Å². The molecule has 0 bridgehead atoms. The van der Waals surface area contributed by atoms with E-state index < -0.39 is 10.8 Å². The van der Waals surface area contributed by atoms with Crippen LogP contribution in [0.2, 0.25) is 0 Å². The molecule has 126 valence electrons. The van der Waals surface area contributed by atoms with Crippen molar-refractivity contribution >= 4 is 16.7 Å². The zero-order valence-corrected chi connectivity index (χ0v) is 14.2. The number of carbonyl (C=O) groups excluding carboxylic acids is 1. The quantitative estimate of drug-likeness (QED) is 0.839. The first-order valence-corrected chi connectivity index (χ1v) is 9.48. The molecule has 2 aromatic carbocycles. The van der Waals surface area contributed by atoms with E-state index in [-0.39, 0.29) is 28.6 Å². The fraction of sp³-hybridized carbons (Fsp3) is 0.316. The number of nitrogens with one attached hydrogen (secondary N) is 1. The van der Waals surface area contributed by atoms with E-state index in [1.807, 2.05) is 18.2 Å². The highest BCUT2D eigenvalue weighted by atomic mass is 32.2. The lowest BCUT2D eigenvalue weighted by atomic mass is 9.96. The van der Waals surface area contributed by atoms with Crippen LogP contribution in [0.15, 0.2) is 54.6 Å². The molecule has 1 fully saturated rings. The molecular weight excluding hydrogens is 325 g/mol. The molecule has 1 amide bonds. The third kappa shape index (κ3) is 4.09. The summed E-state index contributed by atoms with van der Waals surface area (Å²) in [5, 5.41) is 2.89. The van der Waals surface area contributed by atoms with Crippen LogP contribution >= 0.6 is 0 Å². The lowest BCUT2D eigenvalue weighted by molar-refractivity contribution is -0.118. The normalized spacial score (nSPS) is 16.4. The SMILES string of the molecule is O=C(C[S@](=O)Cc1ccccc1F)NCC1(c2ccccc2)CC1. The number of hydrogen-bond acceptors (Lipinski definition) is 2. The van der Waals surface area contributed by atoms with Crippen molar-refractivity contribution in [1.29, 1.82) is 0 Å². The van der Waals surface area contributed by atoms with E-state index in [1.165, 1.54) is 11.6 Å². The maximum Gasteiger partial charge on any atom is 0.232 e. The fourth-order valence-corrected chi connectivity index (χ4v) is 3.89. The van der Waals surface area contributed by atoms with Gasteiger partial charge < -0.3 is 5.32 Å². The highest BCUT2D eigenvalue weighted by Gasteiger charge is 2.44. The molecule has 5 heteroatoms. The second-order valence-corrected chi connectivity index (χ2v) is 7.70. The molecule has 0 aromatic heterocycles. The van der Waals surface area contributed by atoms with Crippen LogP contribution in [-0.2, 0) is 26.8 Å². The molecule has 24 heavy (non-hydrogen) atoms. The van der Waals surface area contributed by atoms with Gasteiger partial charge in [-0.3, -0.25) is 9.00 Å². The minimum atomic E-state index is -1.42. The molecule has 2 aromatic rings. The Hall–Kier alpha value is -2.01. The Kier molecular flexibility index (Phi) is 5.09. The molecule has 0 radical (unpaired) electrons. The van der Waals surface area contributed by atoms with E-state index in [2.05, 4.69) is 17.4 Å². The zero-order chi connectivity index (χ0) is 17.0. The molecule has 1 saturated carbocycles. The molecule has 3 nitrogen and oxygen atoms in total. The summed E-state index contributed by atoms with van der Waals surface area (Å²) >= 11 is 0. The van der Waals surface area contributed by atoms with Crippen molar-refractivity contribution in [3.8, 4) is 0 Å². The van der Waals surface area contributed by atoms with Crippen LogP contribution < -0.4 is 5.32 Å². The third-order valence-corrected chi connectivity index (χ3v) is 5.65. The van der Waals surface area contributed by atoms with Crippen LogP contribution in [0.5, 0.6) is 0 Å². The van der Waals surface area contributed by atoms with Gasteiger partial charge in [0, 0.05) is 28.3 Å². The molecule has 3 rings (SSSR count). The Labute approximate surface area is 143 Å². The maximum absolute atomic E-state index is 13.6. The van der Waals surface area contributed by atoms with Gasteiger partial charge in [-0.2, -0.15) is 0 Å². The number of benzene rings is 2. The first-order valence-electron chi connectivity index (χ1n) is 8.00. The molecule has 1 aliphatic carbocycles. The van der Waals surface area contributed by atoms with Gasteiger partial charge in [-0.1, -0.05) is 48.5 Å². The van der Waals surface area contributed by atoms with E-state index in [9.17, 15) is 13.4 Å². The summed E-state index contributed by atoms with van der Waals surface area (Å²) in [4.78, 5) is 12.0. The van der Waals surface area contributed by atoms with Crippen molar-refractivity contribution in [2.24, 2.45) is 0 Å². The molecule has 0 spiro atoms. The van der Waals surface area contributed by atoms with Crippen molar-refractivity contribution in [3.05, 3.63) is 71.5 Å². The van der Waals surface area contributed by atoms with Crippen LogP contribution in [0.25, 0.3) is 0 Å². The Bertz CT molecular complexity index is 744. The maximum atomic E-state index is 13.6. The minimum absolute atomic E-state index is 0.0317. The van der Waals surface area contributed by atoms with Gasteiger partial charge in [0.05, 0.1) is 5.75 Å². The minimum Gasteiger partial charge on any atom is -0.354 e. The number of hydrogen-bond donors (Lipinski definition) is 1. The average Bonchev–Trinajstić information content (AvgIpc) is 3.37. The van der Waals surface area contributed by atoms with Gasteiger partial charge in [0.25, 0.3) is 0 Å². The second kappa shape index (κ2) is 7.26. The summed E-state index contributed by atoms with van der Waals surface area (Å²) in [6.45, 7) is 0.562. The molecule has 0 unspecified atom stereocenters. The largest absolute Gasteiger partial charge is 0.354 e. The van der Waals surface area contributed by atoms with Crippen LogP contribution in [-0.4, -0.2) is 22.4 Å². The molecule has 0 heterocycles. The molecule has 1 aliphatic rings. The van der Waals surface area contributed by atoms with Gasteiger partial charge in [-0.05, 0) is 24.5 Å². The lowest BCUT2D eigenvalue weighted by Crippen LogP contribution is -2.35. The summed E-state index contributed by atoms with van der Waals surface area (Å²) in [5.74, 6) is -0.664. The van der Waals surface area contributed by atoms with Crippen LogP contribution in [0.3, 0.4) is 0 Å². The number of carbonyl (C=O) groups is 1. The number of rotatable bonds is 7. The number of amides is 1. The highest BCUT2D eigenvalue weighted by molar-refractivity contribution is 7.84. The zero-order valence-electron chi connectivity index (χ0n) is 13.3. The number of halogens is 1. The van der Waals surface area contributed by atoms with E-state index in [1.54, 1.807) is 18.2 Å². The molecule has 1 N–H and O–H groups in total. The molecule has 0 aliphatic heterocycles. The highest BCUT2D eigenvalue weighted by Crippen LogP contribution is 2.47. The van der Waals surface area contributed by atoms with Crippen molar-refractivity contribution < 1.29 is 13.4 Å². The monoisotopic (exact) mass is 345 g/mol. The van der Waals surface area contributed by atoms with Gasteiger partial charge in [-0.25, -0.2) is 4.39 Å². The van der Waals surface area contributed by atoms with Crippen molar-refractivity contribution in [2.75, 3.05) is 12.3 Å². The Morgan fingerprint density at radius 3 is 2.42 bits per heavy atom. The summed E-state index contributed by atoms with van der Waals surface area (Å²) in [6.07, 6.45) is 2.10. The smallest absolute Gasteiger partial charge is 0.232 e. The lowest BCUT2D eigenvalue weighted by Gasteiger charge is -2.16. The van der Waals surface area contributed by atoms with E-state index >= 15 is 0 Å². The topological polar surface area (TPSA) is 46.2 Å². The van der Waals surface area contributed by atoms with Crippen LogP contribution in [0.4, 0.5) is 4.39 Å². The van der Waals surface area contributed by atoms with E-state index in [0.717, 1.165) is 12.8 Å². The summed E-state index contributed by atoms with van der Waals surface area (Å²) in [6, 6.07) is 16.4. The molecule has 1 atom stereocenters. The third-order valence-electron chi connectivity index (χ3n) is 4.43. The van der Waals surface area contributed by atoms with Gasteiger partial charge in [-0.15, -0.1) is 0 Å². The van der Waals surface area contributed by atoms with Crippen molar-refractivity contribution in [2.45, 2.75) is 24.0 Å². The van der Waals surface area contributed by atoms with Crippen molar-refractivity contribution in [1.82, 2.24) is 5.32 Å². The van der Waals surface area contributed by atoms with Crippen molar-refractivity contribution in [3.63, 3.8) is 0 Å². The Morgan fingerprint density at radius 1 is 1.08 bits per heavy atom. The average molecular weight is 345 g/mol. The predicted octanol–water partition coefficient (Wildman–Crippen LogP) is 2.92. The predicted molar refractivity (Wildman–Crippen MR) is 93.5 cm³/mol. The van der Waals surface area contributed by atoms with E-state index in [0.29, 0.717) is 12.1 Å². The van der Waals surface area contributed by atoms with E-state index in [4.69, 9.17) is 0 Å². The van der Waals surface area contributed by atoms with Crippen LogP contribution in [0, 0.1) is 5.82 Å². The van der Waals surface area contributed by atoms with Gasteiger partial charge in [0.2, 0.25) is 5.91 Å². The summed E-state index contributed by atoms with van der Waals surface area (Å²) in [5.41, 5.74) is 1.65. The summed E-state index contributed by atoms with van der Waals surface area (Å²) < 4.78 is 25.6. The standard InChI is InChI=1S/C19H20FNO2S/c20-17-9-5-4-6-15(17)12-24(23)13-18(22)21-14-19(10-11-19)16-7-2-1-3-8-16/h1-9H,10-14H2,(H,21,22)/t24-/m1/s1. The molecule has 0 saturated heterocycles. The Morgan fingerprint density at radius 2 is 1.75 bits per heavy atom. The van der Waals surface area contributed by atoms with Gasteiger partial charge in [0.1, 0.15) is 11.6 Å². The first-order chi connectivity index (χ1) is 11.6. The Balaban J connectivity index is 1.50. The summed E-state index contributed by atoms with van der Waals surface area (Å²) in [7, 11) is -1.42.